The molecule has 2 aromatic carbocycles. The number of amides is 2. The Kier molecular flexibility index (Phi) is 4.75. The van der Waals surface area contributed by atoms with Gasteiger partial charge in [-0.2, -0.15) is 0 Å². The molecule has 5 aromatic rings. The molecule has 158 valence electrons. The lowest BCUT2D eigenvalue weighted by Crippen LogP contribution is -2.14. The smallest absolute Gasteiger partial charge is 0.276 e. The molecule has 0 saturated carbocycles. The zero-order chi connectivity index (χ0) is 22.1. The van der Waals surface area contributed by atoms with Gasteiger partial charge in [0.25, 0.3) is 11.8 Å². The predicted octanol–water partition coefficient (Wildman–Crippen LogP) is 3.95. The number of hydrogen-bond acceptors (Lipinski definition) is 5. The van der Waals surface area contributed by atoms with Gasteiger partial charge in [-0.15, -0.1) is 0 Å². The van der Waals surface area contributed by atoms with Crippen LogP contribution in [0, 0.1) is 0 Å². The van der Waals surface area contributed by atoms with E-state index in [0.29, 0.717) is 28.2 Å². The summed E-state index contributed by atoms with van der Waals surface area (Å²) in [5.74, 6) is 0.754. The number of fused-ring (bicyclic) bond motifs is 2. The third-order valence-corrected chi connectivity index (χ3v) is 5.00. The molecular formula is C23H18N6O3. The zero-order valence-corrected chi connectivity index (χ0v) is 17.0. The summed E-state index contributed by atoms with van der Waals surface area (Å²) >= 11 is 0. The Balaban J connectivity index is 1.41. The van der Waals surface area contributed by atoms with E-state index in [2.05, 4.69) is 30.6 Å². The summed E-state index contributed by atoms with van der Waals surface area (Å²) in [7, 11) is 1.59. The number of H-pyrrole nitrogens is 2. The van der Waals surface area contributed by atoms with Crippen LogP contribution in [0.1, 0.15) is 20.8 Å². The second-order valence-electron chi connectivity index (χ2n) is 7.06. The molecular weight excluding hydrogens is 408 g/mol. The lowest BCUT2D eigenvalue weighted by atomic mass is 10.1. The quantitative estimate of drug-likeness (QED) is 0.339. The Labute approximate surface area is 181 Å². The molecule has 4 N–H and O–H groups in total. The Bertz CT molecular complexity index is 1460. The van der Waals surface area contributed by atoms with Crippen LogP contribution in [0.25, 0.3) is 21.8 Å². The molecule has 9 heteroatoms. The number of carbonyl (C=O) groups is 2. The highest BCUT2D eigenvalue weighted by Gasteiger charge is 2.16. The van der Waals surface area contributed by atoms with Gasteiger partial charge in [-0.1, -0.05) is 6.07 Å². The normalized spacial score (nSPS) is 10.9. The van der Waals surface area contributed by atoms with Gasteiger partial charge in [-0.25, -0.2) is 4.98 Å². The van der Waals surface area contributed by atoms with Crippen LogP contribution >= 0.6 is 0 Å². The molecule has 0 aliphatic heterocycles. The van der Waals surface area contributed by atoms with E-state index in [-0.39, 0.29) is 17.5 Å². The topological polar surface area (TPSA) is 125 Å². The van der Waals surface area contributed by atoms with Crippen LogP contribution < -0.4 is 15.4 Å². The maximum atomic E-state index is 12.8. The van der Waals surface area contributed by atoms with E-state index in [1.54, 1.807) is 55.9 Å². The molecule has 0 aliphatic rings. The minimum absolute atomic E-state index is 0.220. The van der Waals surface area contributed by atoms with Gasteiger partial charge in [-0.05, 0) is 53.9 Å². The molecule has 0 unspecified atom stereocenters. The van der Waals surface area contributed by atoms with E-state index in [4.69, 9.17) is 4.74 Å². The van der Waals surface area contributed by atoms with Crippen LogP contribution in [-0.4, -0.2) is 38.9 Å². The Hall–Kier alpha value is -4.66. The molecule has 0 aliphatic carbocycles. The van der Waals surface area contributed by atoms with E-state index >= 15 is 0 Å². The van der Waals surface area contributed by atoms with Crippen molar-refractivity contribution in [3.8, 4) is 5.75 Å². The molecule has 0 bridgehead atoms. The van der Waals surface area contributed by atoms with Crippen LogP contribution in [0.3, 0.4) is 0 Å². The predicted molar refractivity (Wildman–Crippen MR) is 121 cm³/mol. The van der Waals surface area contributed by atoms with Gasteiger partial charge >= 0.3 is 0 Å². The van der Waals surface area contributed by atoms with Crippen molar-refractivity contribution in [3.63, 3.8) is 0 Å². The first-order valence-electron chi connectivity index (χ1n) is 9.79. The first kappa shape index (κ1) is 19.3. The number of methoxy groups -OCH3 is 1. The summed E-state index contributed by atoms with van der Waals surface area (Å²) in [4.78, 5) is 40.0. The summed E-state index contributed by atoms with van der Waals surface area (Å²) in [6.07, 6.45) is 3.35. The van der Waals surface area contributed by atoms with Crippen molar-refractivity contribution in [2.75, 3.05) is 17.7 Å². The van der Waals surface area contributed by atoms with E-state index in [0.717, 1.165) is 10.8 Å². The third-order valence-electron chi connectivity index (χ3n) is 5.00. The number of aromatic amines is 2. The monoisotopic (exact) mass is 426 g/mol. The number of ether oxygens (including phenoxy) is 1. The average molecular weight is 426 g/mol. The second-order valence-corrected chi connectivity index (χ2v) is 7.06. The number of pyridine rings is 1. The number of para-hydroxylation sites is 1. The molecule has 0 fully saturated rings. The minimum atomic E-state index is -0.425. The minimum Gasteiger partial charge on any atom is -0.497 e. The number of benzene rings is 2. The number of nitrogens with zero attached hydrogens (tertiary/aromatic N) is 2. The molecule has 0 spiro atoms. The summed E-state index contributed by atoms with van der Waals surface area (Å²) < 4.78 is 5.24. The molecule has 0 radical (unpaired) electrons. The van der Waals surface area contributed by atoms with Gasteiger partial charge in [0.2, 0.25) is 5.95 Å². The van der Waals surface area contributed by atoms with E-state index in [1.807, 2.05) is 18.2 Å². The fraction of sp³-hybridized carbons (Fsp3) is 0.0435. The molecule has 0 atom stereocenters. The van der Waals surface area contributed by atoms with Gasteiger partial charge in [-0.3, -0.25) is 19.9 Å². The van der Waals surface area contributed by atoms with E-state index < -0.39 is 5.91 Å². The van der Waals surface area contributed by atoms with Crippen LogP contribution in [0.5, 0.6) is 5.75 Å². The number of nitrogens with one attached hydrogen (secondary N) is 4. The van der Waals surface area contributed by atoms with Gasteiger partial charge in [0.15, 0.2) is 0 Å². The maximum absolute atomic E-state index is 12.8. The first-order valence-corrected chi connectivity index (χ1v) is 9.79. The van der Waals surface area contributed by atoms with Crippen molar-refractivity contribution < 1.29 is 14.3 Å². The Morgan fingerprint density at radius 2 is 1.88 bits per heavy atom. The van der Waals surface area contributed by atoms with E-state index in [1.165, 1.54) is 0 Å². The van der Waals surface area contributed by atoms with Crippen LogP contribution in [0.2, 0.25) is 0 Å². The second kappa shape index (κ2) is 7.88. The van der Waals surface area contributed by atoms with Crippen molar-refractivity contribution in [3.05, 3.63) is 78.2 Å². The van der Waals surface area contributed by atoms with Crippen LogP contribution in [-0.2, 0) is 0 Å². The molecule has 5 rings (SSSR count). The molecule has 9 nitrogen and oxygen atoms in total. The first-order chi connectivity index (χ1) is 15.6. The Morgan fingerprint density at radius 1 is 0.969 bits per heavy atom. The maximum Gasteiger partial charge on any atom is 0.276 e. The highest BCUT2D eigenvalue weighted by atomic mass is 16.5. The zero-order valence-electron chi connectivity index (χ0n) is 17.0. The molecule has 0 saturated heterocycles. The van der Waals surface area contributed by atoms with Crippen molar-refractivity contribution in [1.29, 1.82) is 0 Å². The van der Waals surface area contributed by atoms with Gasteiger partial charge in [0.1, 0.15) is 22.8 Å². The number of hydrogen-bond donors (Lipinski definition) is 4. The molecule has 3 aromatic heterocycles. The van der Waals surface area contributed by atoms with Crippen molar-refractivity contribution in [2.45, 2.75) is 0 Å². The third kappa shape index (κ3) is 3.63. The fourth-order valence-electron chi connectivity index (χ4n) is 3.41. The standard InChI is InChI=1S/C23H18N6O3/c1-32-15-8-7-13-12-25-18(11-14(13)10-15)22(31)29-23-26-17-5-2-4-16(20(17)28-23)21(30)27-19-6-3-9-24-19/h2-12,24H,1H3,(H,27,30)(H2,26,28,29,31). The number of aromatic nitrogens is 4. The van der Waals surface area contributed by atoms with Crippen molar-refractivity contribution >= 4 is 45.4 Å². The molecule has 2 amide bonds. The molecule has 3 heterocycles. The summed E-state index contributed by atoms with van der Waals surface area (Å²) in [6, 6.07) is 16.0. The highest BCUT2D eigenvalue weighted by molar-refractivity contribution is 6.12. The molecule has 32 heavy (non-hydrogen) atoms. The number of rotatable bonds is 5. The van der Waals surface area contributed by atoms with Crippen LogP contribution in [0.15, 0.2) is 67.0 Å². The van der Waals surface area contributed by atoms with Crippen molar-refractivity contribution in [2.24, 2.45) is 0 Å². The summed E-state index contributed by atoms with van der Waals surface area (Å²) in [6.45, 7) is 0. The number of anilines is 2. The van der Waals surface area contributed by atoms with Crippen molar-refractivity contribution in [1.82, 2.24) is 19.9 Å². The fourth-order valence-corrected chi connectivity index (χ4v) is 3.41. The largest absolute Gasteiger partial charge is 0.497 e. The summed E-state index contributed by atoms with van der Waals surface area (Å²) in [5.41, 5.74) is 1.68. The van der Waals surface area contributed by atoms with E-state index in [9.17, 15) is 9.59 Å². The SMILES string of the molecule is COc1ccc2cnc(C(=O)Nc3nc4c(C(=O)Nc5ccc[nH]5)cccc4[nH]3)cc2c1. The van der Waals surface area contributed by atoms with Gasteiger partial charge in [0, 0.05) is 17.8 Å². The van der Waals surface area contributed by atoms with Crippen LogP contribution in [0.4, 0.5) is 11.8 Å². The van der Waals surface area contributed by atoms with Gasteiger partial charge < -0.3 is 20.0 Å². The Morgan fingerprint density at radius 3 is 2.69 bits per heavy atom. The lowest BCUT2D eigenvalue weighted by Gasteiger charge is -2.05. The average Bonchev–Trinajstić information content (AvgIpc) is 3.47. The lowest BCUT2D eigenvalue weighted by molar-refractivity contribution is 0.101. The number of imidazole rings is 1. The van der Waals surface area contributed by atoms with Gasteiger partial charge in [0.05, 0.1) is 18.2 Å². The highest BCUT2D eigenvalue weighted by Crippen LogP contribution is 2.22. The summed E-state index contributed by atoms with van der Waals surface area (Å²) in [5, 5.41) is 7.22. The number of carbonyl (C=O) groups excluding carboxylic acids is 2.